The molecular weight excluding hydrogens is 322 g/mol. The zero-order valence-corrected chi connectivity index (χ0v) is 13.4. The molecule has 1 unspecified atom stereocenters. The van der Waals surface area contributed by atoms with E-state index in [-0.39, 0.29) is 6.04 Å². The summed E-state index contributed by atoms with van der Waals surface area (Å²) in [7, 11) is 3.43. The van der Waals surface area contributed by atoms with E-state index in [2.05, 4.69) is 43.6 Å². The second-order valence-corrected chi connectivity index (χ2v) is 5.25. The predicted molar refractivity (Wildman–Crippen MR) is 79.6 cm³/mol. The fourth-order valence-corrected chi connectivity index (χ4v) is 2.56. The number of methoxy groups -OCH3 is 1. The lowest BCUT2D eigenvalue weighted by molar-refractivity contribution is 0.412. The predicted octanol–water partition coefficient (Wildman–Crippen LogP) is 1.87. The number of aryl methyl sites for hydroxylation is 1. The Labute approximate surface area is 126 Å². The van der Waals surface area contributed by atoms with Gasteiger partial charge in [-0.1, -0.05) is 22.9 Å². The van der Waals surface area contributed by atoms with Gasteiger partial charge in [-0.05, 0) is 35.5 Å². The van der Waals surface area contributed by atoms with Crippen LogP contribution >= 0.6 is 15.9 Å². The van der Waals surface area contributed by atoms with Gasteiger partial charge in [0, 0.05) is 16.9 Å². The zero-order valence-electron chi connectivity index (χ0n) is 11.8. The number of nitrogens with zero attached hydrogens (tertiary/aromatic N) is 4. The summed E-state index contributed by atoms with van der Waals surface area (Å²) in [5, 5.41) is 15.6. The van der Waals surface area contributed by atoms with Crippen molar-refractivity contribution in [2.24, 2.45) is 7.05 Å². The van der Waals surface area contributed by atoms with Crippen molar-refractivity contribution in [1.29, 1.82) is 0 Å². The number of hydrogen-bond acceptors (Lipinski definition) is 5. The van der Waals surface area contributed by atoms with Gasteiger partial charge < -0.3 is 10.1 Å². The molecular formula is C13H18BrN5O. The molecule has 7 heteroatoms. The highest BCUT2D eigenvalue weighted by atomic mass is 79.9. The van der Waals surface area contributed by atoms with E-state index in [1.165, 1.54) is 4.80 Å². The molecule has 0 aliphatic heterocycles. The van der Waals surface area contributed by atoms with Crippen molar-refractivity contribution >= 4 is 15.9 Å². The lowest BCUT2D eigenvalue weighted by Gasteiger charge is -2.19. The highest BCUT2D eigenvalue weighted by Gasteiger charge is 2.17. The smallest absolute Gasteiger partial charge is 0.176 e. The van der Waals surface area contributed by atoms with Crippen LogP contribution in [-0.2, 0) is 13.5 Å². The van der Waals surface area contributed by atoms with Gasteiger partial charge in [0.05, 0.1) is 14.2 Å². The molecule has 0 spiro atoms. The van der Waals surface area contributed by atoms with Gasteiger partial charge in [-0.3, -0.25) is 0 Å². The maximum atomic E-state index is 5.30. The van der Waals surface area contributed by atoms with E-state index in [1.807, 2.05) is 18.2 Å². The van der Waals surface area contributed by atoms with Gasteiger partial charge >= 0.3 is 0 Å². The first-order valence-electron chi connectivity index (χ1n) is 6.43. The normalized spacial score (nSPS) is 12.4. The quantitative estimate of drug-likeness (QED) is 0.870. The van der Waals surface area contributed by atoms with Gasteiger partial charge in [0.1, 0.15) is 5.75 Å². The fourth-order valence-electron chi connectivity index (χ4n) is 2.04. The van der Waals surface area contributed by atoms with Crippen molar-refractivity contribution in [3.8, 4) is 5.75 Å². The van der Waals surface area contributed by atoms with Gasteiger partial charge in [-0.25, -0.2) is 0 Å². The monoisotopic (exact) mass is 339 g/mol. The van der Waals surface area contributed by atoms with Crippen LogP contribution < -0.4 is 10.1 Å². The van der Waals surface area contributed by atoms with E-state index < -0.39 is 0 Å². The molecule has 0 aliphatic rings. The lowest BCUT2D eigenvalue weighted by Crippen LogP contribution is -2.24. The first kappa shape index (κ1) is 14.9. The molecule has 0 saturated carbocycles. The van der Waals surface area contributed by atoms with Gasteiger partial charge in [-0.2, -0.15) is 4.80 Å². The second-order valence-electron chi connectivity index (χ2n) is 4.40. The van der Waals surface area contributed by atoms with Crippen molar-refractivity contribution in [2.45, 2.75) is 19.4 Å². The Bertz CT molecular complexity index is 572. The van der Waals surface area contributed by atoms with Gasteiger partial charge in [0.15, 0.2) is 5.82 Å². The minimum absolute atomic E-state index is 0.105. The van der Waals surface area contributed by atoms with Crippen molar-refractivity contribution in [1.82, 2.24) is 25.5 Å². The van der Waals surface area contributed by atoms with E-state index in [9.17, 15) is 0 Å². The number of ether oxygens (including phenoxy) is 1. The molecule has 0 aliphatic carbocycles. The molecule has 0 radical (unpaired) electrons. The van der Waals surface area contributed by atoms with E-state index in [4.69, 9.17) is 4.74 Å². The topological polar surface area (TPSA) is 64.9 Å². The van der Waals surface area contributed by atoms with Crippen LogP contribution in [0.25, 0.3) is 0 Å². The summed E-state index contributed by atoms with van der Waals surface area (Å²) in [4.78, 5) is 1.47. The SMILES string of the molecule is CCNC(Cc1nnn(C)n1)c1cc(OC)ccc1Br. The Kier molecular flexibility index (Phi) is 5.08. The lowest BCUT2D eigenvalue weighted by atomic mass is 10.0. The zero-order chi connectivity index (χ0) is 14.5. The van der Waals surface area contributed by atoms with Crippen LogP contribution in [0, 0.1) is 0 Å². The van der Waals surface area contributed by atoms with Crippen molar-refractivity contribution in [3.63, 3.8) is 0 Å². The third-order valence-corrected chi connectivity index (χ3v) is 3.69. The Morgan fingerprint density at radius 1 is 1.45 bits per heavy atom. The third-order valence-electron chi connectivity index (χ3n) is 2.97. The molecule has 2 aromatic rings. The second kappa shape index (κ2) is 6.81. The summed E-state index contributed by atoms with van der Waals surface area (Å²) in [5.41, 5.74) is 1.12. The molecule has 0 saturated heterocycles. The molecule has 108 valence electrons. The van der Waals surface area contributed by atoms with Crippen molar-refractivity contribution in [2.75, 3.05) is 13.7 Å². The average molecular weight is 340 g/mol. The fraction of sp³-hybridized carbons (Fsp3) is 0.462. The highest BCUT2D eigenvalue weighted by Crippen LogP contribution is 2.29. The van der Waals surface area contributed by atoms with E-state index >= 15 is 0 Å². The molecule has 2 rings (SSSR count). The van der Waals surface area contributed by atoms with Crippen LogP contribution in [-0.4, -0.2) is 33.9 Å². The number of tetrazole rings is 1. The molecule has 1 aromatic heterocycles. The highest BCUT2D eigenvalue weighted by molar-refractivity contribution is 9.10. The number of hydrogen-bond donors (Lipinski definition) is 1. The summed E-state index contributed by atoms with van der Waals surface area (Å²) in [5.74, 6) is 1.55. The summed E-state index contributed by atoms with van der Waals surface area (Å²) in [6.07, 6.45) is 0.674. The van der Waals surface area contributed by atoms with Crippen LogP contribution in [0.15, 0.2) is 22.7 Å². The van der Waals surface area contributed by atoms with Gasteiger partial charge in [-0.15, -0.1) is 10.2 Å². The molecule has 0 amide bonds. The minimum Gasteiger partial charge on any atom is -0.497 e. The summed E-state index contributed by atoms with van der Waals surface area (Å²) in [6.45, 7) is 2.93. The molecule has 1 aromatic carbocycles. The third kappa shape index (κ3) is 3.55. The summed E-state index contributed by atoms with van der Waals surface area (Å²) in [6, 6.07) is 6.04. The van der Waals surface area contributed by atoms with Gasteiger partial charge in [0.2, 0.25) is 0 Å². The molecule has 1 N–H and O–H groups in total. The summed E-state index contributed by atoms with van der Waals surface area (Å²) < 4.78 is 6.33. The Balaban J connectivity index is 2.27. The van der Waals surface area contributed by atoms with Crippen LogP contribution in [0.4, 0.5) is 0 Å². The largest absolute Gasteiger partial charge is 0.497 e. The maximum Gasteiger partial charge on any atom is 0.176 e. The van der Waals surface area contributed by atoms with Crippen LogP contribution in [0.3, 0.4) is 0 Å². The molecule has 6 nitrogen and oxygen atoms in total. The van der Waals surface area contributed by atoms with Crippen LogP contribution in [0.5, 0.6) is 5.75 Å². The van der Waals surface area contributed by atoms with E-state index in [1.54, 1.807) is 14.2 Å². The van der Waals surface area contributed by atoms with Crippen molar-refractivity contribution in [3.05, 3.63) is 34.1 Å². The molecule has 1 heterocycles. The number of nitrogens with one attached hydrogen (secondary N) is 1. The van der Waals surface area contributed by atoms with E-state index in [0.29, 0.717) is 12.2 Å². The Hall–Kier alpha value is -1.47. The molecule has 1 atom stereocenters. The standard InChI is InChI=1S/C13H18BrN5O/c1-4-15-12(8-13-16-18-19(2)17-13)10-7-9(20-3)5-6-11(10)14/h5-7,12,15H,4,8H2,1-3H3. The number of likely N-dealkylation sites (N-methyl/N-ethyl adjacent to an activating group) is 1. The van der Waals surface area contributed by atoms with E-state index in [0.717, 1.165) is 22.3 Å². The maximum absolute atomic E-state index is 5.30. The number of aromatic nitrogens is 4. The minimum atomic E-state index is 0.105. The molecule has 0 fully saturated rings. The molecule has 0 bridgehead atoms. The van der Waals surface area contributed by atoms with Crippen LogP contribution in [0.1, 0.15) is 24.4 Å². The number of rotatable bonds is 6. The summed E-state index contributed by atoms with van der Waals surface area (Å²) >= 11 is 3.59. The average Bonchev–Trinajstić information content (AvgIpc) is 2.84. The number of benzene rings is 1. The van der Waals surface area contributed by atoms with Crippen LogP contribution in [0.2, 0.25) is 0 Å². The number of halogens is 1. The Morgan fingerprint density at radius 3 is 2.85 bits per heavy atom. The first-order valence-corrected chi connectivity index (χ1v) is 7.23. The van der Waals surface area contributed by atoms with Crippen molar-refractivity contribution < 1.29 is 4.74 Å². The first-order chi connectivity index (χ1) is 9.63. The van der Waals surface area contributed by atoms with Gasteiger partial charge in [0.25, 0.3) is 0 Å². The Morgan fingerprint density at radius 2 is 2.25 bits per heavy atom. The molecule has 20 heavy (non-hydrogen) atoms.